The molecule has 0 radical (unpaired) electrons. The molecule has 3 aromatic carbocycles. The third-order valence-corrected chi connectivity index (χ3v) is 7.15. The highest BCUT2D eigenvalue weighted by molar-refractivity contribution is 6.03. The summed E-state index contributed by atoms with van der Waals surface area (Å²) in [6.07, 6.45) is -1.71. The first-order valence-corrected chi connectivity index (χ1v) is 13.4. The van der Waals surface area contributed by atoms with E-state index in [-0.39, 0.29) is 11.4 Å². The van der Waals surface area contributed by atoms with E-state index in [0.717, 1.165) is 4.57 Å². The minimum absolute atomic E-state index is 0.0336. The lowest BCUT2D eigenvalue weighted by Crippen LogP contribution is -2.45. The first-order valence-electron chi connectivity index (χ1n) is 13.4. The van der Waals surface area contributed by atoms with Crippen molar-refractivity contribution >= 4 is 23.7 Å². The molecule has 4 aromatic rings. The van der Waals surface area contributed by atoms with Gasteiger partial charge in [0.1, 0.15) is 11.4 Å². The van der Waals surface area contributed by atoms with Gasteiger partial charge >= 0.3 is 17.6 Å². The summed E-state index contributed by atoms with van der Waals surface area (Å²) in [7, 11) is 0. The molecule has 5 rings (SSSR count). The average molecular weight is 568 g/mol. The van der Waals surface area contributed by atoms with Crippen LogP contribution in [-0.2, 0) is 14.2 Å². The number of nitrogens with zero attached hydrogens (tertiary/aromatic N) is 2. The van der Waals surface area contributed by atoms with Crippen molar-refractivity contribution in [3.63, 3.8) is 0 Å². The van der Waals surface area contributed by atoms with Crippen LogP contribution < -0.4 is 11.0 Å². The highest BCUT2D eigenvalue weighted by Gasteiger charge is 2.57. The Morgan fingerprint density at radius 1 is 0.833 bits per heavy atom. The summed E-state index contributed by atoms with van der Waals surface area (Å²) in [6, 6.07) is 26.7. The van der Waals surface area contributed by atoms with Gasteiger partial charge in [0.25, 0.3) is 5.91 Å². The largest absolute Gasteiger partial charge is 0.452 e. The Bertz CT molecular complexity index is 1630. The maximum absolute atomic E-state index is 13.3. The zero-order valence-electron chi connectivity index (χ0n) is 23.0. The van der Waals surface area contributed by atoms with Gasteiger partial charge in [-0.05, 0) is 55.8 Å². The number of rotatable bonds is 8. The molecule has 10 nitrogen and oxygen atoms in total. The monoisotopic (exact) mass is 567 g/mol. The summed E-state index contributed by atoms with van der Waals surface area (Å²) in [5, 5.41) is 2.60. The van der Waals surface area contributed by atoms with Gasteiger partial charge in [-0.15, -0.1) is 0 Å². The SMILES string of the molecule is CC[C@@]1(C)O[C@@H](n2ccc(NC(=O)c3ccccc3)nc2=O)[C@@H](OC(=O)c2ccccc2)C1OC(=O)c1ccccc1. The van der Waals surface area contributed by atoms with E-state index in [2.05, 4.69) is 10.3 Å². The molecule has 1 fully saturated rings. The Balaban J connectivity index is 1.48. The molecule has 42 heavy (non-hydrogen) atoms. The van der Waals surface area contributed by atoms with Gasteiger partial charge in [0, 0.05) is 11.8 Å². The van der Waals surface area contributed by atoms with Gasteiger partial charge in [0.05, 0.1) is 11.1 Å². The van der Waals surface area contributed by atoms with E-state index in [1.54, 1.807) is 97.9 Å². The number of hydrogen-bond donors (Lipinski definition) is 1. The summed E-state index contributed by atoms with van der Waals surface area (Å²) in [5.74, 6) is -1.71. The summed E-state index contributed by atoms with van der Waals surface area (Å²) in [6.45, 7) is 3.57. The third-order valence-electron chi connectivity index (χ3n) is 7.15. The number of aromatic nitrogens is 2. The topological polar surface area (TPSA) is 126 Å². The molecule has 1 unspecified atom stereocenters. The molecule has 214 valence electrons. The third kappa shape index (κ3) is 5.98. The van der Waals surface area contributed by atoms with Crippen molar-refractivity contribution in [1.82, 2.24) is 9.55 Å². The van der Waals surface area contributed by atoms with Crippen LogP contribution in [0.1, 0.15) is 57.6 Å². The number of hydrogen-bond acceptors (Lipinski definition) is 8. The average Bonchev–Trinajstić information content (AvgIpc) is 3.29. The first-order chi connectivity index (χ1) is 20.3. The van der Waals surface area contributed by atoms with E-state index in [9.17, 15) is 19.2 Å². The molecule has 4 atom stereocenters. The first kappa shape index (κ1) is 28.4. The molecule has 0 aliphatic carbocycles. The summed E-state index contributed by atoms with van der Waals surface area (Å²) >= 11 is 0. The van der Waals surface area contributed by atoms with Crippen LogP contribution in [0.4, 0.5) is 5.82 Å². The van der Waals surface area contributed by atoms with Crippen molar-refractivity contribution in [2.45, 2.75) is 44.3 Å². The van der Waals surface area contributed by atoms with Gasteiger partial charge in [-0.25, -0.2) is 14.4 Å². The predicted octanol–water partition coefficient (Wildman–Crippen LogP) is 4.64. The Labute approximate surface area is 241 Å². The van der Waals surface area contributed by atoms with Crippen LogP contribution in [0.2, 0.25) is 0 Å². The smallest absolute Gasteiger partial charge is 0.351 e. The fourth-order valence-corrected chi connectivity index (χ4v) is 4.70. The number of anilines is 1. The Morgan fingerprint density at radius 3 is 1.88 bits per heavy atom. The molecule has 1 aromatic heterocycles. The van der Waals surface area contributed by atoms with Crippen molar-refractivity contribution in [2.75, 3.05) is 5.32 Å². The fraction of sp³-hybridized carbons (Fsp3) is 0.219. The molecule has 0 saturated carbocycles. The maximum Gasteiger partial charge on any atom is 0.351 e. The highest BCUT2D eigenvalue weighted by atomic mass is 16.7. The van der Waals surface area contributed by atoms with E-state index in [0.29, 0.717) is 17.5 Å². The second-order valence-electron chi connectivity index (χ2n) is 9.93. The molecule has 1 amide bonds. The number of amides is 1. The lowest BCUT2D eigenvalue weighted by Gasteiger charge is -2.30. The van der Waals surface area contributed by atoms with E-state index in [4.69, 9.17) is 14.2 Å². The number of carbonyl (C=O) groups excluding carboxylic acids is 3. The molecular formula is C32H29N3O7. The van der Waals surface area contributed by atoms with E-state index < -0.39 is 47.6 Å². The molecular weight excluding hydrogens is 538 g/mol. The molecule has 1 aliphatic heterocycles. The zero-order valence-corrected chi connectivity index (χ0v) is 23.0. The minimum atomic E-state index is -1.21. The van der Waals surface area contributed by atoms with Gasteiger partial charge in [-0.3, -0.25) is 9.36 Å². The van der Waals surface area contributed by atoms with Crippen molar-refractivity contribution in [3.05, 3.63) is 130 Å². The number of esters is 2. The lowest BCUT2D eigenvalue weighted by molar-refractivity contribution is -0.0987. The molecule has 1 N–H and O–H groups in total. The van der Waals surface area contributed by atoms with Crippen LogP contribution in [0.3, 0.4) is 0 Å². The summed E-state index contributed by atoms with van der Waals surface area (Å²) < 4.78 is 19.3. The zero-order chi connectivity index (χ0) is 29.7. The number of benzene rings is 3. The molecule has 10 heteroatoms. The molecule has 1 aliphatic rings. The van der Waals surface area contributed by atoms with Crippen LogP contribution in [0.25, 0.3) is 0 Å². The van der Waals surface area contributed by atoms with Crippen molar-refractivity contribution in [2.24, 2.45) is 0 Å². The van der Waals surface area contributed by atoms with Gasteiger partial charge in [-0.2, -0.15) is 4.98 Å². The van der Waals surface area contributed by atoms with E-state index in [1.165, 1.54) is 12.3 Å². The fourth-order valence-electron chi connectivity index (χ4n) is 4.70. The Morgan fingerprint density at radius 2 is 1.36 bits per heavy atom. The van der Waals surface area contributed by atoms with E-state index in [1.807, 2.05) is 6.92 Å². The van der Waals surface area contributed by atoms with Gasteiger partial charge < -0.3 is 19.5 Å². The maximum atomic E-state index is 13.3. The van der Waals surface area contributed by atoms with Crippen LogP contribution >= 0.6 is 0 Å². The predicted molar refractivity (Wildman–Crippen MR) is 153 cm³/mol. The highest BCUT2D eigenvalue weighted by Crippen LogP contribution is 2.42. The quantitative estimate of drug-likeness (QED) is 0.305. The molecule has 0 bridgehead atoms. The Hall–Kier alpha value is -5.09. The normalized spacial score (nSPS) is 21.3. The summed E-state index contributed by atoms with van der Waals surface area (Å²) in [4.78, 5) is 56.2. The standard InChI is InChI=1S/C32H29N3O7/c1-3-32(2)26(41-30(38)23-17-11-6-12-18-23)25(40-29(37)22-15-9-5-10-16-22)28(42-32)35-20-19-24(34-31(35)39)33-27(36)21-13-7-4-8-14-21/h4-20,25-26,28H,3H2,1-2H3,(H,33,34,36,39)/t25-,26?,28+,32+/m0/s1. The lowest BCUT2D eigenvalue weighted by atomic mass is 9.94. The molecule has 1 saturated heterocycles. The second-order valence-corrected chi connectivity index (χ2v) is 9.93. The molecule has 2 heterocycles. The number of ether oxygens (including phenoxy) is 3. The van der Waals surface area contributed by atoms with Crippen LogP contribution in [0.15, 0.2) is 108 Å². The van der Waals surface area contributed by atoms with Crippen LogP contribution in [-0.4, -0.2) is 45.2 Å². The van der Waals surface area contributed by atoms with Crippen molar-refractivity contribution in [1.29, 1.82) is 0 Å². The van der Waals surface area contributed by atoms with Crippen LogP contribution in [0.5, 0.6) is 0 Å². The number of carbonyl (C=O) groups is 3. The van der Waals surface area contributed by atoms with Gasteiger partial charge in [0.15, 0.2) is 18.4 Å². The van der Waals surface area contributed by atoms with E-state index >= 15 is 0 Å². The molecule has 0 spiro atoms. The second kappa shape index (κ2) is 12.2. The number of nitrogens with one attached hydrogen (secondary N) is 1. The van der Waals surface area contributed by atoms with Crippen LogP contribution in [0, 0.1) is 0 Å². The van der Waals surface area contributed by atoms with Crippen molar-refractivity contribution in [3.8, 4) is 0 Å². The Kier molecular flexibility index (Phi) is 8.26. The van der Waals surface area contributed by atoms with Gasteiger partial charge in [-0.1, -0.05) is 61.5 Å². The van der Waals surface area contributed by atoms with Crippen molar-refractivity contribution < 1.29 is 28.6 Å². The minimum Gasteiger partial charge on any atom is -0.452 e. The van der Waals surface area contributed by atoms with Gasteiger partial charge in [0.2, 0.25) is 0 Å². The summed E-state index contributed by atoms with van der Waals surface area (Å²) in [5.41, 5.74) is -0.905.